The van der Waals surface area contributed by atoms with Crippen LogP contribution in [0.1, 0.15) is 28.0 Å². The lowest BCUT2D eigenvalue weighted by atomic mass is 10.1. The Kier molecular flexibility index (Phi) is 3.68. The van der Waals surface area contributed by atoms with Crippen LogP contribution in [0.4, 0.5) is 27.6 Å². The number of alkyl halides is 5. The first kappa shape index (κ1) is 14.7. The number of carboxylic acids is 1. The van der Waals surface area contributed by atoms with Crippen LogP contribution in [0, 0.1) is 10.1 Å². The van der Waals surface area contributed by atoms with Gasteiger partial charge in [0.25, 0.3) is 12.1 Å². The van der Waals surface area contributed by atoms with Gasteiger partial charge < -0.3 is 5.11 Å². The van der Waals surface area contributed by atoms with E-state index >= 15 is 0 Å². The minimum absolute atomic E-state index is 0.188. The van der Waals surface area contributed by atoms with Crippen molar-refractivity contribution in [3.8, 4) is 0 Å². The van der Waals surface area contributed by atoms with E-state index in [-0.39, 0.29) is 6.20 Å². The highest BCUT2D eigenvalue weighted by atomic mass is 19.4. The highest BCUT2D eigenvalue weighted by Crippen LogP contribution is 2.39. The van der Waals surface area contributed by atoms with Crippen molar-refractivity contribution >= 4 is 11.7 Å². The number of aromatic carboxylic acids is 1. The van der Waals surface area contributed by atoms with Crippen molar-refractivity contribution < 1.29 is 36.8 Å². The van der Waals surface area contributed by atoms with Crippen molar-refractivity contribution in [3.05, 3.63) is 33.1 Å². The topological polar surface area (TPSA) is 93.3 Å². The molecule has 0 aliphatic heterocycles. The number of halogens is 5. The lowest BCUT2D eigenvalue weighted by Gasteiger charge is -2.11. The summed E-state index contributed by atoms with van der Waals surface area (Å²) < 4.78 is 62.2. The Morgan fingerprint density at radius 1 is 1.42 bits per heavy atom. The Balaban J connectivity index is 3.79. The fraction of sp³-hybridized carbons (Fsp3) is 0.250. The third kappa shape index (κ3) is 2.74. The highest BCUT2D eigenvalue weighted by molar-refractivity contribution is 5.94. The lowest BCUT2D eigenvalue weighted by molar-refractivity contribution is -0.388. The molecule has 0 unspecified atom stereocenters. The van der Waals surface area contributed by atoms with E-state index in [2.05, 4.69) is 4.98 Å². The minimum Gasteiger partial charge on any atom is -0.477 e. The zero-order valence-electron chi connectivity index (χ0n) is 8.61. The number of carboxylic acid groups (broad SMARTS) is 1. The van der Waals surface area contributed by atoms with Crippen molar-refractivity contribution in [1.29, 1.82) is 0 Å². The van der Waals surface area contributed by atoms with Gasteiger partial charge >= 0.3 is 12.1 Å². The molecule has 0 atom stereocenters. The molecule has 1 aromatic rings. The van der Waals surface area contributed by atoms with Crippen LogP contribution in [0.3, 0.4) is 0 Å². The summed E-state index contributed by atoms with van der Waals surface area (Å²) in [6.07, 6.45) is -9.04. The summed E-state index contributed by atoms with van der Waals surface area (Å²) in [5.74, 6) is -2.29. The van der Waals surface area contributed by atoms with Gasteiger partial charge in [0.05, 0.1) is 4.92 Å². The molecule has 0 saturated heterocycles. The molecule has 1 heterocycles. The van der Waals surface area contributed by atoms with Gasteiger partial charge in [-0.3, -0.25) is 15.1 Å². The third-order valence-corrected chi connectivity index (χ3v) is 1.99. The Labute approximate surface area is 100 Å². The predicted molar refractivity (Wildman–Crippen MR) is 47.8 cm³/mol. The number of pyridine rings is 1. The quantitative estimate of drug-likeness (QED) is 0.523. The zero-order chi connectivity index (χ0) is 15.0. The van der Waals surface area contributed by atoms with Gasteiger partial charge in [-0.15, -0.1) is 0 Å². The van der Waals surface area contributed by atoms with E-state index in [0.29, 0.717) is 0 Å². The standard InChI is InChI=1S/C8H3F5N2O4/c9-6(10)4-3(7(16)17)5(15(18)19)2(1-14-4)8(11,12)13/h1,6H,(H,16,17). The molecule has 11 heteroatoms. The first-order valence-corrected chi connectivity index (χ1v) is 4.33. The average molecular weight is 286 g/mol. The van der Waals surface area contributed by atoms with E-state index in [1.807, 2.05) is 0 Å². The summed E-state index contributed by atoms with van der Waals surface area (Å²) in [5, 5.41) is 19.1. The second kappa shape index (κ2) is 4.74. The number of hydrogen-bond donors (Lipinski definition) is 1. The molecule has 19 heavy (non-hydrogen) atoms. The average Bonchev–Trinajstić information content (AvgIpc) is 2.25. The number of carbonyl (C=O) groups is 1. The van der Waals surface area contributed by atoms with E-state index in [1.54, 1.807) is 0 Å². The minimum atomic E-state index is -5.29. The Bertz CT molecular complexity index is 543. The number of nitro groups is 1. The SMILES string of the molecule is O=C(O)c1c(C(F)F)ncc(C(F)(F)F)c1[N+](=O)[O-]. The smallest absolute Gasteiger partial charge is 0.424 e. The number of nitrogens with zero attached hydrogens (tertiary/aromatic N) is 2. The number of aromatic nitrogens is 1. The summed E-state index contributed by atoms with van der Waals surface area (Å²) >= 11 is 0. The van der Waals surface area contributed by atoms with Crippen molar-refractivity contribution in [2.75, 3.05) is 0 Å². The van der Waals surface area contributed by atoms with Gasteiger partial charge in [0, 0.05) is 6.20 Å². The summed E-state index contributed by atoms with van der Waals surface area (Å²) in [6, 6.07) is 0. The molecule has 104 valence electrons. The molecule has 0 spiro atoms. The summed E-state index contributed by atoms with van der Waals surface area (Å²) in [7, 11) is 0. The molecule has 0 bridgehead atoms. The van der Waals surface area contributed by atoms with Crippen LogP contribution in [0.2, 0.25) is 0 Å². The molecule has 1 rings (SSSR count). The van der Waals surface area contributed by atoms with Gasteiger partial charge in [-0.2, -0.15) is 13.2 Å². The number of rotatable bonds is 3. The van der Waals surface area contributed by atoms with Crippen LogP contribution in [0.15, 0.2) is 6.20 Å². The highest BCUT2D eigenvalue weighted by Gasteiger charge is 2.44. The fourth-order valence-corrected chi connectivity index (χ4v) is 1.29. The van der Waals surface area contributed by atoms with E-state index in [9.17, 15) is 36.9 Å². The van der Waals surface area contributed by atoms with E-state index in [4.69, 9.17) is 5.11 Å². The van der Waals surface area contributed by atoms with Gasteiger partial charge in [0.15, 0.2) is 11.1 Å². The van der Waals surface area contributed by atoms with Crippen LogP contribution in [-0.2, 0) is 6.18 Å². The molecule has 0 saturated carbocycles. The monoisotopic (exact) mass is 286 g/mol. The fourth-order valence-electron chi connectivity index (χ4n) is 1.29. The molecule has 0 aliphatic rings. The predicted octanol–water partition coefficient (Wildman–Crippen LogP) is 2.64. The molecule has 0 amide bonds. The van der Waals surface area contributed by atoms with E-state index < -0.39 is 46.0 Å². The molecule has 0 aliphatic carbocycles. The molecule has 1 aromatic heterocycles. The molecular formula is C8H3F5N2O4. The van der Waals surface area contributed by atoms with E-state index in [1.165, 1.54) is 0 Å². The number of hydrogen-bond acceptors (Lipinski definition) is 4. The Morgan fingerprint density at radius 3 is 2.26 bits per heavy atom. The zero-order valence-corrected chi connectivity index (χ0v) is 8.61. The summed E-state index contributed by atoms with van der Waals surface area (Å²) in [4.78, 5) is 22.2. The maximum absolute atomic E-state index is 12.5. The van der Waals surface area contributed by atoms with Crippen molar-refractivity contribution in [3.63, 3.8) is 0 Å². The molecular weight excluding hydrogens is 283 g/mol. The van der Waals surface area contributed by atoms with Crippen LogP contribution >= 0.6 is 0 Å². The largest absolute Gasteiger partial charge is 0.477 e. The van der Waals surface area contributed by atoms with E-state index in [0.717, 1.165) is 0 Å². The van der Waals surface area contributed by atoms with Gasteiger partial charge in [0.1, 0.15) is 5.69 Å². The second-order valence-corrected chi connectivity index (χ2v) is 3.14. The molecule has 0 fully saturated rings. The van der Waals surface area contributed by atoms with Crippen LogP contribution in [-0.4, -0.2) is 21.0 Å². The molecule has 0 aromatic carbocycles. The van der Waals surface area contributed by atoms with Gasteiger partial charge in [-0.25, -0.2) is 13.6 Å². The Hall–Kier alpha value is -2.33. The molecule has 1 N–H and O–H groups in total. The first-order valence-electron chi connectivity index (χ1n) is 4.33. The molecule has 6 nitrogen and oxygen atoms in total. The van der Waals surface area contributed by atoms with Crippen molar-refractivity contribution in [2.45, 2.75) is 12.6 Å². The third-order valence-electron chi connectivity index (χ3n) is 1.99. The lowest BCUT2D eigenvalue weighted by Crippen LogP contribution is -2.17. The molecule has 0 radical (unpaired) electrons. The maximum atomic E-state index is 12.5. The summed E-state index contributed by atoms with van der Waals surface area (Å²) in [5.41, 5.74) is -7.31. The van der Waals surface area contributed by atoms with Crippen molar-refractivity contribution in [2.24, 2.45) is 0 Å². The second-order valence-electron chi connectivity index (χ2n) is 3.14. The van der Waals surface area contributed by atoms with Crippen LogP contribution < -0.4 is 0 Å². The van der Waals surface area contributed by atoms with Gasteiger partial charge in [0.2, 0.25) is 0 Å². The Morgan fingerprint density at radius 2 is 1.95 bits per heavy atom. The maximum Gasteiger partial charge on any atom is 0.424 e. The van der Waals surface area contributed by atoms with Crippen LogP contribution in [0.25, 0.3) is 0 Å². The first-order chi connectivity index (χ1) is 8.57. The van der Waals surface area contributed by atoms with Gasteiger partial charge in [-0.1, -0.05) is 0 Å². The summed E-state index contributed by atoms with van der Waals surface area (Å²) in [6.45, 7) is 0. The normalized spacial score (nSPS) is 11.7. The van der Waals surface area contributed by atoms with Gasteiger partial charge in [-0.05, 0) is 0 Å². The van der Waals surface area contributed by atoms with Crippen molar-refractivity contribution in [1.82, 2.24) is 4.98 Å². The van der Waals surface area contributed by atoms with Crippen LogP contribution in [0.5, 0.6) is 0 Å².